The van der Waals surface area contributed by atoms with Crippen molar-refractivity contribution in [2.75, 3.05) is 20.6 Å². The zero-order valence-corrected chi connectivity index (χ0v) is 30.5. The third-order valence-corrected chi connectivity index (χ3v) is 10.7. The summed E-state index contributed by atoms with van der Waals surface area (Å²) in [5, 5.41) is 47.5. The van der Waals surface area contributed by atoms with Crippen LogP contribution < -0.4 is 5.32 Å². The molecule has 0 radical (unpaired) electrons. The molecule has 2 unspecified atom stereocenters. The van der Waals surface area contributed by atoms with E-state index in [-0.39, 0.29) is 36.2 Å². The van der Waals surface area contributed by atoms with E-state index in [4.69, 9.17) is 14.2 Å². The number of cyclic esters (lactones) is 1. The van der Waals surface area contributed by atoms with E-state index in [1.165, 1.54) is 0 Å². The van der Waals surface area contributed by atoms with Crippen LogP contribution in [-0.2, 0) is 23.8 Å². The van der Waals surface area contributed by atoms with Crippen molar-refractivity contribution in [1.82, 2.24) is 10.2 Å². The topological polar surface area (TPSA) is 158 Å². The fraction of sp³-hybridized carbons (Fsp3) is 0.838. The third kappa shape index (κ3) is 11.4. The number of hydrogen-bond acceptors (Lipinski definition) is 11. The molecule has 5 N–H and O–H groups in total. The smallest absolute Gasteiger partial charge is 0.308 e. The number of esters is 1. The summed E-state index contributed by atoms with van der Waals surface area (Å²) in [5.74, 6) is -1.97. The Morgan fingerprint density at radius 1 is 0.979 bits per heavy atom. The van der Waals surface area contributed by atoms with Gasteiger partial charge in [-0.15, -0.1) is 0 Å². The summed E-state index contributed by atoms with van der Waals surface area (Å²) in [5.41, 5.74) is 0.887. The maximum Gasteiger partial charge on any atom is 0.308 e. The number of ether oxygens (including phenoxy) is 3. The van der Waals surface area contributed by atoms with Crippen LogP contribution in [0.15, 0.2) is 23.8 Å². The van der Waals surface area contributed by atoms with Gasteiger partial charge in [0.05, 0.1) is 43.0 Å². The van der Waals surface area contributed by atoms with Gasteiger partial charge in [0.15, 0.2) is 12.1 Å². The van der Waals surface area contributed by atoms with E-state index in [2.05, 4.69) is 5.32 Å². The van der Waals surface area contributed by atoms with Gasteiger partial charge in [0, 0.05) is 23.8 Å². The van der Waals surface area contributed by atoms with Gasteiger partial charge in [-0.05, 0) is 91.4 Å². The first-order valence-corrected chi connectivity index (χ1v) is 18.2. The van der Waals surface area contributed by atoms with Crippen molar-refractivity contribution in [2.45, 2.75) is 154 Å². The maximum atomic E-state index is 13.5. The summed E-state index contributed by atoms with van der Waals surface area (Å²) in [6.07, 6.45) is 3.45. The molecule has 11 heteroatoms. The molecule has 0 amide bonds. The number of aliphatic hydroxyl groups excluding tert-OH is 4. The number of ketones is 1. The van der Waals surface area contributed by atoms with E-state index in [0.717, 1.165) is 12.0 Å². The van der Waals surface area contributed by atoms with Crippen LogP contribution in [0, 0.1) is 23.7 Å². The number of carbonyl (C=O) groups is 2. The second kappa shape index (κ2) is 19.1. The summed E-state index contributed by atoms with van der Waals surface area (Å²) in [6.45, 7) is 11.9. The lowest BCUT2D eigenvalue weighted by molar-refractivity contribution is -0.283. The minimum absolute atomic E-state index is 0.0424. The molecule has 1 saturated carbocycles. The normalized spacial score (nSPS) is 43.0. The van der Waals surface area contributed by atoms with Gasteiger partial charge in [0.25, 0.3) is 0 Å². The molecule has 1 saturated heterocycles. The van der Waals surface area contributed by atoms with Gasteiger partial charge in [0.2, 0.25) is 0 Å². The first kappa shape index (κ1) is 40.7. The minimum Gasteiger partial charge on any atom is -0.462 e. The zero-order chi connectivity index (χ0) is 35.7. The van der Waals surface area contributed by atoms with Crippen molar-refractivity contribution in [3.8, 4) is 0 Å². The number of aliphatic hydroxyl groups is 4. The van der Waals surface area contributed by atoms with E-state index < -0.39 is 66.8 Å². The van der Waals surface area contributed by atoms with Gasteiger partial charge < -0.3 is 44.9 Å². The summed E-state index contributed by atoms with van der Waals surface area (Å²) in [7, 11) is 3.80. The number of carbonyl (C=O) groups excluding carboxylic acids is 2. The molecular formula is C37H64N2O9. The summed E-state index contributed by atoms with van der Waals surface area (Å²) in [4.78, 5) is 28.6. The molecular weight excluding hydrogens is 616 g/mol. The SMILES string of the molecule is CC[C@H]1OC(=O)CC(O)[C@H](C)[C@@H](O[C@@H]2O[C@H](C)C[C@H](N(C)C)[C@H]2O)[C@@H](CCNC2[C@H](O)CCC[C@@H]2O)C[C@@H](C)C(=O)/C=C/C(C)=C/[C@@H]1C. The Morgan fingerprint density at radius 3 is 2.27 bits per heavy atom. The molecule has 0 spiro atoms. The van der Waals surface area contributed by atoms with Crippen LogP contribution in [-0.4, -0.2) is 119 Å². The van der Waals surface area contributed by atoms with Crippen molar-refractivity contribution in [3.05, 3.63) is 23.8 Å². The van der Waals surface area contributed by atoms with E-state index in [1.54, 1.807) is 12.2 Å². The average molecular weight is 681 g/mol. The Labute approximate surface area is 288 Å². The molecule has 0 bridgehead atoms. The second-order valence-electron chi connectivity index (χ2n) is 15.0. The van der Waals surface area contributed by atoms with Gasteiger partial charge in [-0.3, -0.25) is 9.59 Å². The highest BCUT2D eigenvalue weighted by Crippen LogP contribution is 2.34. The Hall–Kier alpha value is -1.70. The second-order valence-corrected chi connectivity index (χ2v) is 15.0. The maximum absolute atomic E-state index is 13.5. The van der Waals surface area contributed by atoms with E-state index in [1.807, 2.05) is 66.6 Å². The number of rotatable bonds is 8. The molecule has 0 aromatic rings. The van der Waals surface area contributed by atoms with Crippen molar-refractivity contribution >= 4 is 11.8 Å². The minimum atomic E-state index is -1.13. The summed E-state index contributed by atoms with van der Waals surface area (Å²) < 4.78 is 18.7. The fourth-order valence-corrected chi connectivity index (χ4v) is 7.63. The first-order chi connectivity index (χ1) is 22.6. The third-order valence-electron chi connectivity index (χ3n) is 10.7. The largest absolute Gasteiger partial charge is 0.462 e. The summed E-state index contributed by atoms with van der Waals surface area (Å²) in [6, 6.07) is -0.692. The summed E-state index contributed by atoms with van der Waals surface area (Å²) >= 11 is 0. The fourth-order valence-electron chi connectivity index (χ4n) is 7.63. The number of likely N-dealkylation sites (N-methyl/N-ethyl adjacent to an activating group) is 1. The highest BCUT2D eigenvalue weighted by atomic mass is 16.7. The van der Waals surface area contributed by atoms with Crippen LogP contribution in [0.5, 0.6) is 0 Å². The predicted octanol–water partition coefficient (Wildman–Crippen LogP) is 3.12. The lowest BCUT2D eigenvalue weighted by atomic mass is 9.79. The number of allylic oxidation sites excluding steroid dienone is 3. The van der Waals surface area contributed by atoms with Crippen molar-refractivity contribution in [1.29, 1.82) is 0 Å². The van der Waals surface area contributed by atoms with Crippen molar-refractivity contribution in [2.24, 2.45) is 23.7 Å². The van der Waals surface area contributed by atoms with E-state index in [9.17, 15) is 30.0 Å². The molecule has 2 fully saturated rings. The molecule has 48 heavy (non-hydrogen) atoms. The van der Waals surface area contributed by atoms with Gasteiger partial charge in [-0.1, -0.05) is 45.4 Å². The molecule has 11 nitrogen and oxygen atoms in total. The van der Waals surface area contributed by atoms with Crippen LogP contribution in [0.2, 0.25) is 0 Å². The Bertz CT molecular complexity index is 1070. The quantitative estimate of drug-likeness (QED) is 0.240. The molecule has 3 aliphatic rings. The molecule has 14 atom stereocenters. The molecule has 1 aliphatic carbocycles. The Morgan fingerprint density at radius 2 is 1.65 bits per heavy atom. The van der Waals surface area contributed by atoms with Crippen molar-refractivity contribution in [3.63, 3.8) is 0 Å². The molecule has 276 valence electrons. The van der Waals surface area contributed by atoms with Crippen molar-refractivity contribution < 1.29 is 44.2 Å². The number of nitrogens with one attached hydrogen (secondary N) is 1. The Balaban J connectivity index is 2.00. The standard InChI is InChI=1S/C37H64N2O9/c1-9-32-23(4)17-21(2)13-14-28(40)22(3)18-26(15-16-38-34-29(41)11-10-12-30(34)42)36(25(6)31(43)20-33(44)47-32)48-37-35(45)27(39(7)8)19-24(5)46-37/h13-14,17,22-27,29-32,34-38,41-43,45H,9-12,15-16,18-20H2,1-8H3/b14-13+,21-17+/t22-,23+,24-,25+,26+,27+,29-,30+,31?,32-,34?,35-,36-,37+/m1/s1. The monoisotopic (exact) mass is 680 g/mol. The zero-order valence-electron chi connectivity index (χ0n) is 30.5. The lowest BCUT2D eigenvalue weighted by Crippen LogP contribution is -2.56. The van der Waals surface area contributed by atoms with Gasteiger partial charge in [0.1, 0.15) is 12.2 Å². The highest BCUT2D eigenvalue weighted by Gasteiger charge is 2.43. The molecule has 3 rings (SSSR count). The molecule has 0 aromatic heterocycles. The highest BCUT2D eigenvalue weighted by molar-refractivity contribution is 5.91. The number of hydrogen-bond donors (Lipinski definition) is 5. The molecule has 2 heterocycles. The van der Waals surface area contributed by atoms with Gasteiger partial charge >= 0.3 is 5.97 Å². The van der Waals surface area contributed by atoms with E-state index >= 15 is 0 Å². The average Bonchev–Trinajstić information content (AvgIpc) is 3.02. The van der Waals surface area contributed by atoms with Crippen LogP contribution in [0.1, 0.15) is 92.9 Å². The van der Waals surface area contributed by atoms with Crippen LogP contribution >= 0.6 is 0 Å². The van der Waals surface area contributed by atoms with E-state index in [0.29, 0.717) is 45.1 Å². The van der Waals surface area contributed by atoms with Crippen LogP contribution in [0.4, 0.5) is 0 Å². The number of nitrogens with zero attached hydrogens (tertiary/aromatic N) is 1. The molecule has 2 aliphatic heterocycles. The van der Waals surface area contributed by atoms with Gasteiger partial charge in [-0.2, -0.15) is 0 Å². The van der Waals surface area contributed by atoms with Crippen LogP contribution in [0.25, 0.3) is 0 Å². The Kier molecular flexibility index (Phi) is 16.2. The predicted molar refractivity (Wildman–Crippen MR) is 184 cm³/mol. The molecule has 0 aromatic carbocycles. The first-order valence-electron chi connectivity index (χ1n) is 18.2. The van der Waals surface area contributed by atoms with Crippen LogP contribution in [0.3, 0.4) is 0 Å². The van der Waals surface area contributed by atoms with Gasteiger partial charge in [-0.25, -0.2) is 0 Å². The lowest BCUT2D eigenvalue weighted by Gasteiger charge is -2.44.